The summed E-state index contributed by atoms with van der Waals surface area (Å²) in [6, 6.07) is 0.549. The van der Waals surface area contributed by atoms with Gasteiger partial charge in [0.25, 0.3) is 5.91 Å². The molecule has 0 unspecified atom stereocenters. The molecule has 7 heteroatoms. The number of amides is 1. The van der Waals surface area contributed by atoms with E-state index >= 15 is 0 Å². The lowest BCUT2D eigenvalue weighted by Gasteiger charge is -2.20. The Morgan fingerprint density at radius 3 is 2.89 bits per heavy atom. The summed E-state index contributed by atoms with van der Waals surface area (Å²) in [6.45, 7) is 0.156. The van der Waals surface area contributed by atoms with Crippen molar-refractivity contribution < 1.29 is 19.1 Å². The predicted octanol–water partition coefficient (Wildman–Crippen LogP) is 0.844. The molecule has 1 aromatic heterocycles. The number of carboxylic acids is 1. The molecule has 1 saturated heterocycles. The molecule has 5 nitrogen and oxygen atoms in total. The van der Waals surface area contributed by atoms with E-state index in [1.807, 2.05) is 0 Å². The highest BCUT2D eigenvalue weighted by Gasteiger charge is 2.40. The van der Waals surface area contributed by atoms with Crippen LogP contribution >= 0.6 is 11.3 Å². The molecule has 0 aromatic carbocycles. The van der Waals surface area contributed by atoms with Crippen molar-refractivity contribution in [3.8, 4) is 0 Å². The van der Waals surface area contributed by atoms with E-state index in [2.05, 4.69) is 0 Å². The first-order valence-electron chi connectivity index (χ1n) is 5.48. The first kappa shape index (κ1) is 13.0. The minimum atomic E-state index is -1.27. The zero-order valence-electron chi connectivity index (χ0n) is 9.51. The van der Waals surface area contributed by atoms with Crippen molar-refractivity contribution in [3.63, 3.8) is 0 Å². The highest BCUT2D eigenvalue weighted by Crippen LogP contribution is 2.25. The number of carboxylic acid groups (broad SMARTS) is 1. The van der Waals surface area contributed by atoms with Gasteiger partial charge in [-0.15, -0.1) is 11.3 Å². The van der Waals surface area contributed by atoms with Gasteiger partial charge >= 0.3 is 5.97 Å². The zero-order valence-corrected chi connectivity index (χ0v) is 10.3. The van der Waals surface area contributed by atoms with Gasteiger partial charge in [-0.1, -0.05) is 0 Å². The fourth-order valence-electron chi connectivity index (χ4n) is 1.98. The molecule has 3 N–H and O–H groups in total. The Morgan fingerprint density at radius 2 is 2.33 bits per heavy atom. The summed E-state index contributed by atoms with van der Waals surface area (Å²) in [5.41, 5.74) is 6.25. The van der Waals surface area contributed by atoms with E-state index in [1.165, 1.54) is 11.3 Å². The van der Waals surface area contributed by atoms with Crippen molar-refractivity contribution in [2.45, 2.75) is 25.2 Å². The van der Waals surface area contributed by atoms with Crippen LogP contribution in [0.15, 0.2) is 11.4 Å². The highest BCUT2D eigenvalue weighted by atomic mass is 32.1. The van der Waals surface area contributed by atoms with E-state index in [0.717, 1.165) is 10.5 Å². The Morgan fingerprint density at radius 1 is 1.61 bits per heavy atom. The first-order valence-corrected chi connectivity index (χ1v) is 6.36. The first-order chi connectivity index (χ1) is 8.52. The van der Waals surface area contributed by atoms with Crippen molar-refractivity contribution in [2.24, 2.45) is 5.73 Å². The third-order valence-electron chi connectivity index (χ3n) is 2.90. The lowest BCUT2D eigenvalue weighted by Crippen LogP contribution is -2.40. The summed E-state index contributed by atoms with van der Waals surface area (Å²) in [6.07, 6.45) is -1.42. The number of carbonyl (C=O) groups is 2. The molecule has 0 spiro atoms. The summed E-state index contributed by atoms with van der Waals surface area (Å²) < 4.78 is 13.3. The van der Waals surface area contributed by atoms with Crippen LogP contribution in [-0.2, 0) is 11.3 Å². The summed E-state index contributed by atoms with van der Waals surface area (Å²) in [5, 5.41) is 10.7. The maximum atomic E-state index is 13.3. The van der Waals surface area contributed by atoms with Gasteiger partial charge in [0.2, 0.25) is 0 Å². The predicted molar refractivity (Wildman–Crippen MR) is 64.2 cm³/mol. The van der Waals surface area contributed by atoms with Crippen LogP contribution in [0.5, 0.6) is 0 Å². The standard InChI is InChI=1S/C11H13FN2O3S/c12-7-2-8(11(16)17)14(4-7)10(15)9-1-6(3-13)5-18-9/h1,5,7-8H,2-4,13H2,(H,16,17)/t7-,8-/m0/s1. The number of alkyl halides is 1. The Labute approximate surface area is 107 Å². The van der Waals surface area contributed by atoms with Crippen LogP contribution in [0.3, 0.4) is 0 Å². The van der Waals surface area contributed by atoms with Gasteiger partial charge < -0.3 is 15.7 Å². The normalized spacial score (nSPS) is 23.3. The fourth-order valence-corrected chi connectivity index (χ4v) is 2.86. The minimum Gasteiger partial charge on any atom is -0.480 e. The topological polar surface area (TPSA) is 83.6 Å². The monoisotopic (exact) mass is 272 g/mol. The van der Waals surface area contributed by atoms with E-state index in [9.17, 15) is 14.0 Å². The van der Waals surface area contributed by atoms with Crippen LogP contribution in [0.4, 0.5) is 4.39 Å². The molecule has 1 amide bonds. The van der Waals surface area contributed by atoms with E-state index in [1.54, 1.807) is 11.4 Å². The maximum Gasteiger partial charge on any atom is 0.326 e. The van der Waals surface area contributed by atoms with Crippen LogP contribution in [0.1, 0.15) is 21.7 Å². The Kier molecular flexibility index (Phi) is 3.63. The number of thiophene rings is 1. The van der Waals surface area contributed by atoms with Crippen LogP contribution < -0.4 is 5.73 Å². The fraction of sp³-hybridized carbons (Fsp3) is 0.455. The number of nitrogens with zero attached hydrogens (tertiary/aromatic N) is 1. The second kappa shape index (κ2) is 5.03. The molecule has 18 heavy (non-hydrogen) atoms. The minimum absolute atomic E-state index is 0.143. The van der Waals surface area contributed by atoms with Crippen LogP contribution in [0.2, 0.25) is 0 Å². The Balaban J connectivity index is 2.19. The van der Waals surface area contributed by atoms with Crippen molar-refractivity contribution in [2.75, 3.05) is 6.54 Å². The number of aliphatic carboxylic acids is 1. The average molecular weight is 272 g/mol. The lowest BCUT2D eigenvalue weighted by molar-refractivity contribution is -0.141. The van der Waals surface area contributed by atoms with Gasteiger partial charge in [-0.25, -0.2) is 9.18 Å². The molecule has 98 valence electrons. The highest BCUT2D eigenvalue weighted by molar-refractivity contribution is 7.12. The molecule has 2 atom stereocenters. The van der Waals surface area contributed by atoms with E-state index in [-0.39, 0.29) is 13.0 Å². The molecule has 2 heterocycles. The third kappa shape index (κ3) is 2.37. The van der Waals surface area contributed by atoms with Crippen molar-refractivity contribution >= 4 is 23.2 Å². The maximum absolute atomic E-state index is 13.3. The number of nitrogens with two attached hydrogens (primary N) is 1. The quantitative estimate of drug-likeness (QED) is 0.854. The largest absolute Gasteiger partial charge is 0.480 e. The number of hydrogen-bond donors (Lipinski definition) is 2. The second-order valence-corrected chi connectivity index (χ2v) is 5.08. The van der Waals surface area contributed by atoms with Gasteiger partial charge in [-0.05, 0) is 17.0 Å². The molecule has 0 radical (unpaired) electrons. The molecule has 0 bridgehead atoms. The van der Waals surface area contributed by atoms with Crippen LogP contribution in [0, 0.1) is 0 Å². The van der Waals surface area contributed by atoms with Crippen molar-refractivity contribution in [1.82, 2.24) is 4.90 Å². The molecular formula is C11H13FN2O3S. The second-order valence-electron chi connectivity index (χ2n) is 4.17. The van der Waals surface area contributed by atoms with E-state index in [4.69, 9.17) is 10.8 Å². The van der Waals surface area contributed by atoms with Gasteiger partial charge in [0.15, 0.2) is 0 Å². The Bertz CT molecular complexity index is 477. The molecule has 1 aromatic rings. The number of carbonyl (C=O) groups excluding carboxylic acids is 1. The average Bonchev–Trinajstić information content (AvgIpc) is 2.94. The lowest BCUT2D eigenvalue weighted by atomic mass is 10.2. The third-order valence-corrected chi connectivity index (χ3v) is 3.86. The summed E-state index contributed by atoms with van der Waals surface area (Å²) in [7, 11) is 0. The van der Waals surface area contributed by atoms with Gasteiger partial charge in [0.1, 0.15) is 12.2 Å². The van der Waals surface area contributed by atoms with Gasteiger partial charge in [-0.3, -0.25) is 4.79 Å². The number of hydrogen-bond acceptors (Lipinski definition) is 4. The molecule has 2 rings (SSSR count). The van der Waals surface area contributed by atoms with Crippen molar-refractivity contribution in [3.05, 3.63) is 21.9 Å². The van der Waals surface area contributed by atoms with E-state index < -0.39 is 24.1 Å². The summed E-state index contributed by atoms with van der Waals surface area (Å²) in [5.74, 6) is -1.61. The van der Waals surface area contributed by atoms with Crippen LogP contribution in [0.25, 0.3) is 0 Å². The number of halogens is 1. The zero-order chi connectivity index (χ0) is 13.3. The van der Waals surface area contributed by atoms with Gasteiger partial charge in [-0.2, -0.15) is 0 Å². The van der Waals surface area contributed by atoms with Crippen LogP contribution in [-0.4, -0.2) is 40.6 Å². The summed E-state index contributed by atoms with van der Waals surface area (Å²) in [4.78, 5) is 24.6. The van der Waals surface area contributed by atoms with Gasteiger partial charge in [0, 0.05) is 13.0 Å². The molecule has 1 aliphatic rings. The SMILES string of the molecule is NCc1csc(C(=O)N2C[C@@H](F)C[C@H]2C(=O)O)c1. The summed E-state index contributed by atoms with van der Waals surface area (Å²) >= 11 is 1.20. The molecule has 0 aliphatic carbocycles. The van der Waals surface area contributed by atoms with E-state index in [0.29, 0.717) is 11.4 Å². The van der Waals surface area contributed by atoms with Gasteiger partial charge in [0.05, 0.1) is 11.4 Å². The smallest absolute Gasteiger partial charge is 0.326 e. The molecule has 1 aliphatic heterocycles. The molecule has 0 saturated carbocycles. The Hall–Kier alpha value is -1.47. The number of likely N-dealkylation sites (tertiary alicyclic amines) is 1. The number of rotatable bonds is 3. The molecule has 1 fully saturated rings. The van der Waals surface area contributed by atoms with Crippen molar-refractivity contribution in [1.29, 1.82) is 0 Å². The molecular weight excluding hydrogens is 259 g/mol.